The molecule has 1 aliphatic rings. The van der Waals surface area contributed by atoms with E-state index in [4.69, 9.17) is 14.9 Å². The van der Waals surface area contributed by atoms with Gasteiger partial charge in [0.05, 0.1) is 32.1 Å². The molecule has 2 heterocycles. The molecule has 1 aliphatic heterocycles. The molecule has 0 spiro atoms. The van der Waals surface area contributed by atoms with E-state index in [-0.39, 0.29) is 18.3 Å². The van der Waals surface area contributed by atoms with Crippen molar-refractivity contribution in [2.45, 2.75) is 6.04 Å². The standard InChI is InChI=1S/C10H16N4O4/c15-2-4-18-3-1-13-5-8(6-13)14-7-9(10(16)17)11-12-14/h7-8,15H,1-6H2,(H,16,17). The van der Waals surface area contributed by atoms with Gasteiger partial charge < -0.3 is 14.9 Å². The minimum atomic E-state index is -1.06. The van der Waals surface area contributed by atoms with Crippen LogP contribution in [0.5, 0.6) is 0 Å². The lowest BCUT2D eigenvalue weighted by Gasteiger charge is -2.38. The molecule has 0 atom stereocenters. The Balaban J connectivity index is 1.70. The van der Waals surface area contributed by atoms with Crippen LogP contribution in [0.2, 0.25) is 0 Å². The normalized spacial score (nSPS) is 16.7. The van der Waals surface area contributed by atoms with Crippen LogP contribution < -0.4 is 0 Å². The van der Waals surface area contributed by atoms with E-state index in [1.807, 2.05) is 0 Å². The van der Waals surface area contributed by atoms with E-state index in [0.29, 0.717) is 13.2 Å². The van der Waals surface area contributed by atoms with Crippen LogP contribution in [0, 0.1) is 0 Å². The molecule has 0 aliphatic carbocycles. The van der Waals surface area contributed by atoms with Gasteiger partial charge in [-0.3, -0.25) is 4.90 Å². The van der Waals surface area contributed by atoms with Gasteiger partial charge in [0.25, 0.3) is 0 Å². The molecule has 1 aromatic rings. The molecule has 18 heavy (non-hydrogen) atoms. The molecule has 8 nitrogen and oxygen atoms in total. The van der Waals surface area contributed by atoms with Crippen molar-refractivity contribution in [3.8, 4) is 0 Å². The summed E-state index contributed by atoms with van der Waals surface area (Å²) in [5.41, 5.74) is -0.0280. The smallest absolute Gasteiger partial charge is 0.358 e. The molecule has 2 N–H and O–H groups in total. The quantitative estimate of drug-likeness (QED) is 0.593. The number of ether oxygens (including phenoxy) is 1. The predicted molar refractivity (Wildman–Crippen MR) is 60.4 cm³/mol. The number of aromatic nitrogens is 3. The van der Waals surface area contributed by atoms with Gasteiger partial charge in [-0.1, -0.05) is 5.21 Å². The summed E-state index contributed by atoms with van der Waals surface area (Å²) in [7, 11) is 0. The summed E-state index contributed by atoms with van der Waals surface area (Å²) in [6, 6.07) is 0.184. The fourth-order valence-electron chi connectivity index (χ4n) is 1.81. The number of carboxylic acid groups (broad SMARTS) is 1. The minimum absolute atomic E-state index is 0.0280. The lowest BCUT2D eigenvalue weighted by atomic mass is 10.1. The highest BCUT2D eigenvalue weighted by atomic mass is 16.5. The second kappa shape index (κ2) is 5.89. The van der Waals surface area contributed by atoms with Gasteiger partial charge in [-0.2, -0.15) is 0 Å². The Morgan fingerprint density at radius 3 is 2.89 bits per heavy atom. The number of hydrogen-bond acceptors (Lipinski definition) is 6. The largest absolute Gasteiger partial charge is 0.476 e. The van der Waals surface area contributed by atoms with E-state index in [1.54, 1.807) is 4.68 Å². The number of aliphatic hydroxyl groups is 1. The maximum Gasteiger partial charge on any atom is 0.358 e. The second-order valence-electron chi connectivity index (χ2n) is 4.14. The molecule has 1 saturated heterocycles. The summed E-state index contributed by atoms with van der Waals surface area (Å²) in [4.78, 5) is 12.8. The van der Waals surface area contributed by atoms with Crippen LogP contribution in [0.25, 0.3) is 0 Å². The summed E-state index contributed by atoms with van der Waals surface area (Å²) >= 11 is 0. The van der Waals surface area contributed by atoms with E-state index in [0.717, 1.165) is 19.6 Å². The first-order valence-corrected chi connectivity index (χ1v) is 5.77. The highest BCUT2D eigenvalue weighted by molar-refractivity contribution is 5.84. The molecular formula is C10H16N4O4. The zero-order valence-corrected chi connectivity index (χ0v) is 9.90. The second-order valence-corrected chi connectivity index (χ2v) is 4.14. The zero-order chi connectivity index (χ0) is 13.0. The van der Waals surface area contributed by atoms with Crippen LogP contribution in [0.1, 0.15) is 16.5 Å². The lowest BCUT2D eigenvalue weighted by molar-refractivity contribution is 0.0361. The molecule has 100 valence electrons. The third-order valence-corrected chi connectivity index (χ3v) is 2.83. The van der Waals surface area contributed by atoms with Crippen LogP contribution in [0.4, 0.5) is 0 Å². The monoisotopic (exact) mass is 256 g/mol. The maximum absolute atomic E-state index is 10.6. The summed E-state index contributed by atoms with van der Waals surface area (Å²) in [6.07, 6.45) is 1.45. The molecule has 0 radical (unpaired) electrons. The van der Waals surface area contributed by atoms with Crippen LogP contribution in [-0.2, 0) is 4.74 Å². The van der Waals surface area contributed by atoms with E-state index in [9.17, 15) is 4.79 Å². The van der Waals surface area contributed by atoms with Crippen molar-refractivity contribution in [3.63, 3.8) is 0 Å². The fourth-order valence-corrected chi connectivity index (χ4v) is 1.81. The Labute approximate surface area is 104 Å². The molecule has 0 unspecified atom stereocenters. The highest BCUT2D eigenvalue weighted by Crippen LogP contribution is 2.19. The summed E-state index contributed by atoms with van der Waals surface area (Å²) in [6.45, 7) is 3.42. The van der Waals surface area contributed by atoms with E-state index < -0.39 is 5.97 Å². The third kappa shape index (κ3) is 3.03. The van der Waals surface area contributed by atoms with Crippen molar-refractivity contribution >= 4 is 5.97 Å². The number of rotatable bonds is 7. The number of aromatic carboxylic acids is 1. The van der Waals surface area contributed by atoms with Gasteiger partial charge in [0.15, 0.2) is 5.69 Å². The van der Waals surface area contributed by atoms with Gasteiger partial charge in [0, 0.05) is 19.6 Å². The SMILES string of the molecule is O=C(O)c1cn(C2CN(CCOCCO)C2)nn1. The first-order chi connectivity index (χ1) is 8.70. The first-order valence-electron chi connectivity index (χ1n) is 5.77. The molecular weight excluding hydrogens is 240 g/mol. The molecule has 1 aromatic heterocycles. The average molecular weight is 256 g/mol. The van der Waals surface area contributed by atoms with Crippen LogP contribution in [-0.4, -0.2) is 75.5 Å². The average Bonchev–Trinajstić information content (AvgIpc) is 2.75. The molecule has 0 bridgehead atoms. The number of aliphatic hydroxyl groups excluding tert-OH is 1. The number of likely N-dealkylation sites (tertiary alicyclic amines) is 1. The van der Waals surface area contributed by atoms with Crippen molar-refractivity contribution in [3.05, 3.63) is 11.9 Å². The van der Waals surface area contributed by atoms with Crippen LogP contribution in [0.15, 0.2) is 6.20 Å². The van der Waals surface area contributed by atoms with Crippen molar-refractivity contribution in [2.75, 3.05) is 39.5 Å². The third-order valence-electron chi connectivity index (χ3n) is 2.83. The van der Waals surface area contributed by atoms with Gasteiger partial charge in [0.1, 0.15) is 0 Å². The van der Waals surface area contributed by atoms with Gasteiger partial charge in [-0.25, -0.2) is 9.48 Å². The fraction of sp³-hybridized carbons (Fsp3) is 0.700. The topological polar surface area (TPSA) is 101 Å². The van der Waals surface area contributed by atoms with E-state index >= 15 is 0 Å². The van der Waals surface area contributed by atoms with Gasteiger partial charge in [0.2, 0.25) is 0 Å². The molecule has 8 heteroatoms. The van der Waals surface area contributed by atoms with Gasteiger partial charge in [-0.15, -0.1) is 5.10 Å². The summed E-state index contributed by atoms with van der Waals surface area (Å²) in [5.74, 6) is -1.06. The number of hydrogen-bond donors (Lipinski definition) is 2. The first kappa shape index (κ1) is 12.9. The van der Waals surface area contributed by atoms with E-state index in [1.165, 1.54) is 6.20 Å². The number of carboxylic acids is 1. The Morgan fingerprint density at radius 2 is 2.28 bits per heavy atom. The Hall–Kier alpha value is -1.51. The van der Waals surface area contributed by atoms with Gasteiger partial charge >= 0.3 is 5.97 Å². The molecule has 2 rings (SSSR count). The summed E-state index contributed by atoms with van der Waals surface area (Å²) < 4.78 is 6.75. The van der Waals surface area contributed by atoms with Gasteiger partial charge in [-0.05, 0) is 0 Å². The molecule has 1 fully saturated rings. The number of carbonyl (C=O) groups is 1. The lowest BCUT2D eigenvalue weighted by Crippen LogP contribution is -2.49. The Morgan fingerprint density at radius 1 is 1.50 bits per heavy atom. The van der Waals surface area contributed by atoms with Crippen molar-refractivity contribution in [2.24, 2.45) is 0 Å². The Bertz CT molecular complexity index is 402. The number of nitrogens with zero attached hydrogens (tertiary/aromatic N) is 4. The zero-order valence-electron chi connectivity index (χ0n) is 9.90. The van der Waals surface area contributed by atoms with Crippen LogP contribution in [0.3, 0.4) is 0 Å². The highest BCUT2D eigenvalue weighted by Gasteiger charge is 2.29. The minimum Gasteiger partial charge on any atom is -0.476 e. The Kier molecular flexibility index (Phi) is 4.24. The van der Waals surface area contributed by atoms with Crippen molar-refractivity contribution in [1.29, 1.82) is 0 Å². The van der Waals surface area contributed by atoms with Crippen molar-refractivity contribution in [1.82, 2.24) is 19.9 Å². The molecule has 0 amide bonds. The molecule has 0 saturated carbocycles. The predicted octanol–water partition coefficient (Wildman–Crippen LogP) is -1.16. The van der Waals surface area contributed by atoms with Crippen molar-refractivity contribution < 1.29 is 19.7 Å². The maximum atomic E-state index is 10.6. The molecule has 0 aromatic carbocycles. The summed E-state index contributed by atoms with van der Waals surface area (Å²) in [5, 5.41) is 24.6. The van der Waals surface area contributed by atoms with Crippen LogP contribution >= 0.6 is 0 Å². The van der Waals surface area contributed by atoms with E-state index in [2.05, 4.69) is 15.2 Å².